The van der Waals surface area contributed by atoms with Crippen LogP contribution >= 0.6 is 0 Å². The van der Waals surface area contributed by atoms with Crippen LogP contribution in [0.1, 0.15) is 252 Å². The molecule has 0 N–H and O–H groups in total. The summed E-state index contributed by atoms with van der Waals surface area (Å²) in [5, 5.41) is 0. The van der Waals surface area contributed by atoms with Gasteiger partial charge in [-0.2, -0.15) is 0 Å². The molecule has 0 radical (unpaired) electrons. The van der Waals surface area contributed by atoms with E-state index in [-0.39, 0.29) is 0 Å². The molecular formula is C40H82. The van der Waals surface area contributed by atoms with E-state index in [0.717, 1.165) is 5.92 Å². The van der Waals surface area contributed by atoms with Gasteiger partial charge in [0.15, 0.2) is 0 Å². The quantitative estimate of drug-likeness (QED) is 0.0666. The zero-order valence-corrected chi connectivity index (χ0v) is 29.0. The van der Waals surface area contributed by atoms with E-state index in [1.165, 1.54) is 231 Å². The fourth-order valence-corrected chi connectivity index (χ4v) is 6.71. The zero-order valence-electron chi connectivity index (χ0n) is 29.0. The Labute approximate surface area is 257 Å². The lowest BCUT2D eigenvalue weighted by Crippen LogP contribution is -2.01. The summed E-state index contributed by atoms with van der Waals surface area (Å²) in [4.78, 5) is 0. The summed E-state index contributed by atoms with van der Waals surface area (Å²) in [5.74, 6) is 1.04. The Hall–Kier alpha value is 0. The number of rotatable bonds is 36. The smallest absolute Gasteiger partial charge is 0.0414 e. The van der Waals surface area contributed by atoms with E-state index in [2.05, 4.69) is 20.8 Å². The lowest BCUT2D eigenvalue weighted by molar-refractivity contribution is 0.370. The van der Waals surface area contributed by atoms with Crippen LogP contribution in [0.25, 0.3) is 0 Å². The van der Waals surface area contributed by atoms with Gasteiger partial charge in [-0.1, -0.05) is 252 Å². The third-order valence-electron chi connectivity index (χ3n) is 9.65. The molecular weight excluding hydrogens is 480 g/mol. The maximum absolute atomic E-state index is 2.37. The van der Waals surface area contributed by atoms with Crippen LogP contribution in [-0.4, -0.2) is 0 Å². The fourth-order valence-electron chi connectivity index (χ4n) is 6.71. The van der Waals surface area contributed by atoms with Crippen LogP contribution in [0.15, 0.2) is 0 Å². The van der Waals surface area contributed by atoms with Crippen LogP contribution in [-0.2, 0) is 0 Å². The zero-order chi connectivity index (χ0) is 29.0. The third-order valence-corrected chi connectivity index (χ3v) is 9.65. The lowest BCUT2D eigenvalue weighted by atomic mass is 9.90. The van der Waals surface area contributed by atoms with Gasteiger partial charge in [-0.05, 0) is 5.92 Å². The summed E-state index contributed by atoms with van der Waals surface area (Å²) in [5.41, 5.74) is 0. The van der Waals surface area contributed by atoms with Gasteiger partial charge in [0, 0.05) is 0 Å². The van der Waals surface area contributed by atoms with Crippen molar-refractivity contribution in [2.75, 3.05) is 0 Å². The molecule has 0 aliphatic rings. The molecule has 0 aromatic rings. The van der Waals surface area contributed by atoms with Gasteiger partial charge in [0.2, 0.25) is 0 Å². The predicted octanol–water partition coefficient (Wildman–Crippen LogP) is 15.7. The van der Waals surface area contributed by atoms with E-state index >= 15 is 0 Å². The number of hydrogen-bond donors (Lipinski definition) is 0. The van der Waals surface area contributed by atoms with Crippen LogP contribution in [0, 0.1) is 5.92 Å². The van der Waals surface area contributed by atoms with E-state index in [1.807, 2.05) is 0 Å². The summed E-state index contributed by atoms with van der Waals surface area (Å²) in [7, 11) is 0. The minimum absolute atomic E-state index is 1.04. The molecule has 0 spiro atoms. The highest BCUT2D eigenvalue weighted by atomic mass is 14.1. The van der Waals surface area contributed by atoms with Crippen molar-refractivity contribution < 1.29 is 0 Å². The fraction of sp³-hybridized carbons (Fsp3) is 1.00. The second-order valence-corrected chi connectivity index (χ2v) is 13.8. The molecule has 0 heteroatoms. The minimum atomic E-state index is 1.04. The highest BCUT2D eigenvalue weighted by Crippen LogP contribution is 2.24. The topological polar surface area (TPSA) is 0 Å². The average molecular weight is 563 g/mol. The van der Waals surface area contributed by atoms with Crippen molar-refractivity contribution in [3.8, 4) is 0 Å². The van der Waals surface area contributed by atoms with Gasteiger partial charge in [-0.3, -0.25) is 0 Å². The predicted molar refractivity (Wildman–Crippen MR) is 187 cm³/mol. The summed E-state index contributed by atoms with van der Waals surface area (Å²) >= 11 is 0. The van der Waals surface area contributed by atoms with E-state index in [4.69, 9.17) is 0 Å². The molecule has 0 saturated heterocycles. The first-order valence-corrected chi connectivity index (χ1v) is 19.8. The molecule has 242 valence electrons. The van der Waals surface area contributed by atoms with Crippen molar-refractivity contribution in [3.63, 3.8) is 0 Å². The first kappa shape index (κ1) is 40.0. The molecule has 1 atom stereocenters. The first-order valence-electron chi connectivity index (χ1n) is 19.8. The second-order valence-electron chi connectivity index (χ2n) is 13.8. The molecule has 1 unspecified atom stereocenters. The average Bonchev–Trinajstić information content (AvgIpc) is 2.97. The maximum Gasteiger partial charge on any atom is -0.0414 e. The number of unbranched alkanes of at least 4 members (excludes halogenated alkanes) is 30. The largest absolute Gasteiger partial charge is 0.0654 e. The SMILES string of the molecule is CCCCCCCCCCCCCCCCCCC(CCCC)CCCCCCCCCCCCCCCCC. The Morgan fingerprint density at radius 2 is 0.375 bits per heavy atom. The van der Waals surface area contributed by atoms with Gasteiger partial charge < -0.3 is 0 Å². The van der Waals surface area contributed by atoms with Crippen LogP contribution in [0.5, 0.6) is 0 Å². The van der Waals surface area contributed by atoms with Crippen molar-refractivity contribution >= 4 is 0 Å². The van der Waals surface area contributed by atoms with Crippen LogP contribution in [0.3, 0.4) is 0 Å². The van der Waals surface area contributed by atoms with Crippen molar-refractivity contribution in [2.45, 2.75) is 252 Å². The summed E-state index contributed by atoms with van der Waals surface area (Å²) in [6.07, 6.45) is 53.3. The maximum atomic E-state index is 2.37. The van der Waals surface area contributed by atoms with Crippen LogP contribution in [0.2, 0.25) is 0 Å². The Morgan fingerprint density at radius 3 is 0.600 bits per heavy atom. The van der Waals surface area contributed by atoms with Gasteiger partial charge in [0.1, 0.15) is 0 Å². The number of hydrogen-bond acceptors (Lipinski definition) is 0. The van der Waals surface area contributed by atoms with E-state index in [1.54, 1.807) is 0 Å². The van der Waals surface area contributed by atoms with E-state index < -0.39 is 0 Å². The second kappa shape index (κ2) is 37.0. The standard InChI is InChI=1S/C40H82/c1-4-7-10-12-14-16-18-20-22-24-26-28-30-32-34-36-39-40(37-9-6-3)38-35-33-31-29-27-25-23-21-19-17-15-13-11-8-5-2/h40H,4-39H2,1-3H3. The molecule has 0 saturated carbocycles. The lowest BCUT2D eigenvalue weighted by Gasteiger charge is -2.16. The summed E-state index contributed by atoms with van der Waals surface area (Å²) in [6, 6.07) is 0. The van der Waals surface area contributed by atoms with Crippen LogP contribution in [0.4, 0.5) is 0 Å². The van der Waals surface area contributed by atoms with Crippen molar-refractivity contribution in [1.29, 1.82) is 0 Å². The molecule has 0 aliphatic carbocycles. The highest BCUT2D eigenvalue weighted by Gasteiger charge is 2.08. The van der Waals surface area contributed by atoms with Crippen LogP contribution < -0.4 is 0 Å². The van der Waals surface area contributed by atoms with E-state index in [9.17, 15) is 0 Å². The van der Waals surface area contributed by atoms with E-state index in [0.29, 0.717) is 0 Å². The first-order chi connectivity index (χ1) is 19.8. The molecule has 0 rings (SSSR count). The van der Waals surface area contributed by atoms with Gasteiger partial charge in [0.05, 0.1) is 0 Å². The molecule has 0 amide bonds. The molecule has 0 aliphatic heterocycles. The molecule has 0 aromatic carbocycles. The van der Waals surface area contributed by atoms with Crippen molar-refractivity contribution in [2.24, 2.45) is 5.92 Å². The van der Waals surface area contributed by atoms with Gasteiger partial charge in [0.25, 0.3) is 0 Å². The Balaban J connectivity index is 3.45. The molecule has 0 aromatic heterocycles. The highest BCUT2D eigenvalue weighted by molar-refractivity contribution is 4.62. The summed E-state index contributed by atoms with van der Waals surface area (Å²) < 4.78 is 0. The Bertz CT molecular complexity index is 412. The normalized spacial score (nSPS) is 12.4. The Morgan fingerprint density at radius 1 is 0.200 bits per heavy atom. The van der Waals surface area contributed by atoms with Gasteiger partial charge >= 0.3 is 0 Å². The molecule has 40 heavy (non-hydrogen) atoms. The Kier molecular flexibility index (Phi) is 37.0. The van der Waals surface area contributed by atoms with Crippen molar-refractivity contribution in [1.82, 2.24) is 0 Å². The molecule has 0 fully saturated rings. The summed E-state index contributed by atoms with van der Waals surface area (Å²) in [6.45, 7) is 7.00. The molecule has 0 heterocycles. The molecule has 0 nitrogen and oxygen atoms in total. The van der Waals surface area contributed by atoms with Gasteiger partial charge in [-0.15, -0.1) is 0 Å². The molecule has 0 bridgehead atoms. The minimum Gasteiger partial charge on any atom is -0.0654 e. The monoisotopic (exact) mass is 563 g/mol. The third kappa shape index (κ3) is 34.2. The van der Waals surface area contributed by atoms with Gasteiger partial charge in [-0.25, -0.2) is 0 Å². The van der Waals surface area contributed by atoms with Crippen molar-refractivity contribution in [3.05, 3.63) is 0 Å².